The number of amides is 1. The maximum Gasteiger partial charge on any atom is 0.232 e. The number of methoxy groups -OCH3 is 3. The lowest BCUT2D eigenvalue weighted by molar-refractivity contribution is -0.121. The molecule has 0 bridgehead atoms. The monoisotopic (exact) mass is 435 g/mol. The van der Waals surface area contributed by atoms with Gasteiger partial charge in [-0.2, -0.15) is 0 Å². The summed E-state index contributed by atoms with van der Waals surface area (Å²) in [6.07, 6.45) is 1.24. The molecule has 6 nitrogen and oxygen atoms in total. The Kier molecular flexibility index (Phi) is 5.71. The summed E-state index contributed by atoms with van der Waals surface area (Å²) in [6, 6.07) is 12.9. The van der Waals surface area contributed by atoms with Crippen LogP contribution >= 0.6 is 0 Å². The fraction of sp³-hybridized carbons (Fsp3) is 0.385. The van der Waals surface area contributed by atoms with Gasteiger partial charge in [0.15, 0.2) is 5.78 Å². The predicted octanol–water partition coefficient (Wildman–Crippen LogP) is 4.88. The molecule has 1 amide bonds. The first-order valence-electron chi connectivity index (χ1n) is 10.7. The molecule has 0 saturated carbocycles. The Labute approximate surface area is 188 Å². The quantitative estimate of drug-likeness (QED) is 0.670. The summed E-state index contributed by atoms with van der Waals surface area (Å²) in [5.74, 6) is 1.60. The molecule has 0 saturated heterocycles. The minimum absolute atomic E-state index is 0.0580. The Hall–Kier alpha value is -3.28. The van der Waals surface area contributed by atoms with E-state index in [2.05, 4.69) is 13.8 Å². The first kappa shape index (κ1) is 21.9. The van der Waals surface area contributed by atoms with Crippen molar-refractivity contribution < 1.29 is 23.8 Å². The van der Waals surface area contributed by atoms with Gasteiger partial charge in [-0.15, -0.1) is 0 Å². The normalized spacial score (nSPS) is 20.2. The van der Waals surface area contributed by atoms with Gasteiger partial charge in [0.25, 0.3) is 0 Å². The molecule has 1 aliphatic carbocycles. The Morgan fingerprint density at radius 2 is 1.62 bits per heavy atom. The van der Waals surface area contributed by atoms with Crippen molar-refractivity contribution in [3.05, 3.63) is 59.3 Å². The van der Waals surface area contributed by atoms with Gasteiger partial charge in [-0.3, -0.25) is 14.5 Å². The summed E-state index contributed by atoms with van der Waals surface area (Å²) in [5.41, 5.74) is 2.73. The van der Waals surface area contributed by atoms with Crippen LogP contribution < -0.4 is 19.1 Å². The highest BCUT2D eigenvalue weighted by Gasteiger charge is 2.45. The zero-order chi connectivity index (χ0) is 23.0. The topological polar surface area (TPSA) is 65.1 Å². The summed E-state index contributed by atoms with van der Waals surface area (Å²) >= 11 is 0. The largest absolute Gasteiger partial charge is 0.497 e. The van der Waals surface area contributed by atoms with E-state index in [0.29, 0.717) is 41.4 Å². The van der Waals surface area contributed by atoms with Crippen LogP contribution in [0.15, 0.2) is 53.7 Å². The maximum atomic E-state index is 13.6. The number of carbonyl (C=O) groups is 2. The number of carbonyl (C=O) groups excluding carboxylic acids is 2. The van der Waals surface area contributed by atoms with Gasteiger partial charge < -0.3 is 14.2 Å². The number of nitrogens with zero attached hydrogens (tertiary/aromatic N) is 1. The van der Waals surface area contributed by atoms with Crippen molar-refractivity contribution in [3.8, 4) is 17.2 Å². The molecule has 0 N–H and O–H groups in total. The second kappa shape index (κ2) is 8.34. The summed E-state index contributed by atoms with van der Waals surface area (Å²) < 4.78 is 16.4. The summed E-state index contributed by atoms with van der Waals surface area (Å²) in [5, 5.41) is 0. The van der Waals surface area contributed by atoms with Gasteiger partial charge in [0.1, 0.15) is 17.2 Å². The highest BCUT2D eigenvalue weighted by Crippen LogP contribution is 2.50. The summed E-state index contributed by atoms with van der Waals surface area (Å²) in [6.45, 7) is 4.14. The lowest BCUT2D eigenvalue weighted by Crippen LogP contribution is -2.43. The molecule has 1 aliphatic heterocycles. The highest BCUT2D eigenvalue weighted by molar-refractivity contribution is 6.08. The second-order valence-corrected chi connectivity index (χ2v) is 9.10. The Bertz CT molecular complexity index is 1100. The van der Waals surface area contributed by atoms with E-state index in [1.54, 1.807) is 26.2 Å². The number of benzene rings is 2. The minimum atomic E-state index is -0.381. The van der Waals surface area contributed by atoms with Gasteiger partial charge >= 0.3 is 0 Å². The van der Waals surface area contributed by atoms with Crippen LogP contribution in [0, 0.1) is 5.41 Å². The maximum absolute atomic E-state index is 13.6. The van der Waals surface area contributed by atoms with Gasteiger partial charge in [-0.25, -0.2) is 0 Å². The molecule has 0 fully saturated rings. The van der Waals surface area contributed by atoms with Crippen LogP contribution in [0.1, 0.15) is 44.6 Å². The van der Waals surface area contributed by atoms with Crippen molar-refractivity contribution in [2.45, 2.75) is 39.0 Å². The van der Waals surface area contributed by atoms with E-state index in [9.17, 15) is 9.59 Å². The molecule has 2 aromatic rings. The van der Waals surface area contributed by atoms with Crippen LogP contribution in [-0.4, -0.2) is 33.0 Å². The number of hydrogen-bond donors (Lipinski definition) is 0. The molecular weight excluding hydrogens is 406 g/mol. The number of rotatable bonds is 5. The molecule has 2 aromatic carbocycles. The zero-order valence-corrected chi connectivity index (χ0v) is 19.2. The lowest BCUT2D eigenvalue weighted by atomic mass is 9.69. The molecule has 1 heterocycles. The number of ether oxygens (including phenoxy) is 3. The molecule has 0 aromatic heterocycles. The van der Waals surface area contributed by atoms with Crippen molar-refractivity contribution in [1.29, 1.82) is 0 Å². The van der Waals surface area contributed by atoms with Crippen LogP contribution in [0.3, 0.4) is 0 Å². The number of hydrogen-bond acceptors (Lipinski definition) is 5. The van der Waals surface area contributed by atoms with Crippen molar-refractivity contribution in [2.24, 2.45) is 5.41 Å². The van der Waals surface area contributed by atoms with Gasteiger partial charge in [0.2, 0.25) is 5.91 Å². The molecule has 1 unspecified atom stereocenters. The minimum Gasteiger partial charge on any atom is -0.497 e. The van der Waals surface area contributed by atoms with Crippen molar-refractivity contribution in [1.82, 2.24) is 0 Å². The van der Waals surface area contributed by atoms with Gasteiger partial charge in [0.05, 0.1) is 27.0 Å². The van der Waals surface area contributed by atoms with E-state index in [1.165, 1.54) is 0 Å². The number of Topliss-reactive ketones (excluding diaryl/α,β-unsaturated/α-hetero) is 1. The van der Waals surface area contributed by atoms with E-state index in [0.717, 1.165) is 11.3 Å². The van der Waals surface area contributed by atoms with Crippen molar-refractivity contribution >= 4 is 17.4 Å². The van der Waals surface area contributed by atoms with Gasteiger partial charge in [-0.1, -0.05) is 19.9 Å². The van der Waals surface area contributed by atoms with E-state index < -0.39 is 0 Å². The summed E-state index contributed by atoms with van der Waals surface area (Å²) in [4.78, 5) is 28.8. The van der Waals surface area contributed by atoms with E-state index in [-0.39, 0.29) is 29.4 Å². The predicted molar refractivity (Wildman–Crippen MR) is 122 cm³/mol. The molecule has 4 rings (SSSR count). The molecule has 32 heavy (non-hydrogen) atoms. The average Bonchev–Trinajstić information content (AvgIpc) is 2.77. The molecular formula is C26H29NO5. The third-order valence-electron chi connectivity index (χ3n) is 6.27. The standard InChI is InChI=1S/C26H29NO5/c1-26(2)14-21-25(22(28)15-26)20(19-12-18(31-4)9-10-23(19)32-5)13-24(29)27(21)16-7-6-8-17(11-16)30-3/h6-12,20H,13-15H2,1-5H3. The third-order valence-corrected chi connectivity index (χ3v) is 6.27. The molecule has 168 valence electrons. The molecule has 2 aliphatic rings. The van der Waals surface area contributed by atoms with Crippen LogP contribution in [0.2, 0.25) is 0 Å². The molecule has 1 atom stereocenters. The van der Waals surface area contributed by atoms with E-state index in [1.807, 2.05) is 42.5 Å². The van der Waals surface area contributed by atoms with Crippen molar-refractivity contribution in [3.63, 3.8) is 0 Å². The first-order valence-corrected chi connectivity index (χ1v) is 10.7. The van der Waals surface area contributed by atoms with Crippen LogP contribution in [0.25, 0.3) is 0 Å². The van der Waals surface area contributed by atoms with Crippen LogP contribution in [0.5, 0.6) is 17.2 Å². The van der Waals surface area contributed by atoms with Crippen LogP contribution in [-0.2, 0) is 9.59 Å². The number of ketones is 1. The third kappa shape index (κ3) is 3.85. The SMILES string of the molecule is COc1cccc(N2C(=O)CC(c3cc(OC)ccc3OC)C3=C2CC(C)(C)CC3=O)c1. The lowest BCUT2D eigenvalue weighted by Gasteiger charge is -2.43. The highest BCUT2D eigenvalue weighted by atomic mass is 16.5. The molecule has 0 radical (unpaired) electrons. The second-order valence-electron chi connectivity index (χ2n) is 9.10. The average molecular weight is 436 g/mol. The van der Waals surface area contributed by atoms with Gasteiger partial charge in [-0.05, 0) is 42.2 Å². The Balaban J connectivity index is 1.93. The Morgan fingerprint density at radius 1 is 0.906 bits per heavy atom. The fourth-order valence-electron chi connectivity index (χ4n) is 4.84. The van der Waals surface area contributed by atoms with Crippen LogP contribution in [0.4, 0.5) is 5.69 Å². The molecule has 6 heteroatoms. The zero-order valence-electron chi connectivity index (χ0n) is 19.2. The van der Waals surface area contributed by atoms with E-state index in [4.69, 9.17) is 14.2 Å². The number of anilines is 1. The molecule has 0 spiro atoms. The summed E-state index contributed by atoms with van der Waals surface area (Å²) in [7, 11) is 4.79. The van der Waals surface area contributed by atoms with Gasteiger partial charge in [0, 0.05) is 41.7 Å². The Morgan fingerprint density at radius 3 is 2.31 bits per heavy atom. The first-order chi connectivity index (χ1) is 15.3. The van der Waals surface area contributed by atoms with E-state index >= 15 is 0 Å². The smallest absolute Gasteiger partial charge is 0.232 e. The fourth-order valence-corrected chi connectivity index (χ4v) is 4.84. The van der Waals surface area contributed by atoms with Crippen molar-refractivity contribution in [2.75, 3.05) is 26.2 Å². The number of allylic oxidation sites excluding steroid dienone is 2.